The minimum atomic E-state index is -8.71. The Hall–Kier alpha value is -4.79. The van der Waals surface area contributed by atoms with Gasteiger partial charge in [0.15, 0.2) is 8.32 Å². The monoisotopic (exact) mass is 1040 g/mol. The third-order valence-corrected chi connectivity index (χ3v) is 16.9. The summed E-state index contributed by atoms with van der Waals surface area (Å²) in [6.07, 6.45) is -9.64. The molecule has 0 aromatic heterocycles. The molecule has 0 bridgehead atoms. The molecular formula is C42H49F17N2O7Si. The van der Waals surface area contributed by atoms with Gasteiger partial charge in [0.05, 0.1) is 13.7 Å². The SMILES string of the molecule is COc1ccc(NC(=O)O[C@@H](c2ccc(OCCO[Si](CCC(F)(F)C(F)(F)C(F)(F)C(F)(F)C(F)(F)C(F)(F)C(F)(F)C(F)(F)F)(C(C)C)C(C)C)cc2)[C@@H](C)/C(C)=C/C(C)=C/C(=O)NO)cc1. The van der Waals surface area contributed by atoms with Crippen LogP contribution in [-0.2, 0) is 14.0 Å². The number of nitrogens with one attached hydrogen (secondary N) is 2. The van der Waals surface area contributed by atoms with Crippen LogP contribution in [0.1, 0.15) is 66.6 Å². The number of carbonyl (C=O) groups excluding carboxylic acids is 2. The van der Waals surface area contributed by atoms with Crippen molar-refractivity contribution in [3.8, 4) is 11.5 Å². The van der Waals surface area contributed by atoms with E-state index < -0.39 is 117 Å². The second-order valence-corrected chi connectivity index (χ2v) is 21.4. The van der Waals surface area contributed by atoms with Crippen molar-refractivity contribution in [3.63, 3.8) is 0 Å². The zero-order valence-corrected chi connectivity index (χ0v) is 38.7. The quantitative estimate of drug-likeness (QED) is 0.0182. The van der Waals surface area contributed by atoms with Crippen LogP contribution < -0.4 is 20.3 Å². The average molecular weight is 1040 g/mol. The maximum atomic E-state index is 15.0. The largest absolute Gasteiger partial charge is 0.497 e. The molecule has 9 nitrogen and oxygen atoms in total. The second-order valence-electron chi connectivity index (χ2n) is 16.4. The van der Waals surface area contributed by atoms with Crippen molar-refractivity contribution in [2.75, 3.05) is 25.6 Å². The summed E-state index contributed by atoms with van der Waals surface area (Å²) in [6.45, 7) is 9.19. The molecule has 0 saturated heterocycles. The number of amides is 2. The third-order valence-electron chi connectivity index (χ3n) is 11.2. The Morgan fingerprint density at radius 1 is 0.652 bits per heavy atom. The van der Waals surface area contributed by atoms with Crippen LogP contribution in [-0.4, -0.2) is 93.5 Å². The number of allylic oxidation sites excluding steroid dienone is 2. The predicted octanol–water partition coefficient (Wildman–Crippen LogP) is 13.6. The number of carbonyl (C=O) groups is 2. The summed E-state index contributed by atoms with van der Waals surface area (Å²) in [6, 6.07) is 10.6. The molecule has 0 saturated carbocycles. The molecule has 2 rings (SSSR count). The Labute approximate surface area is 385 Å². The van der Waals surface area contributed by atoms with Gasteiger partial charge in [-0.3, -0.25) is 15.3 Å². The molecule has 0 spiro atoms. The first-order valence-corrected chi connectivity index (χ1v) is 22.5. The number of benzene rings is 2. The molecular weight excluding hydrogens is 996 g/mol. The van der Waals surface area contributed by atoms with Gasteiger partial charge in [0.1, 0.15) is 24.2 Å². The van der Waals surface area contributed by atoms with E-state index in [2.05, 4.69) is 5.32 Å². The number of anilines is 1. The Morgan fingerprint density at radius 3 is 1.57 bits per heavy atom. The van der Waals surface area contributed by atoms with Gasteiger partial charge in [0, 0.05) is 24.1 Å². The van der Waals surface area contributed by atoms with Gasteiger partial charge in [-0.2, -0.15) is 74.6 Å². The van der Waals surface area contributed by atoms with Crippen LogP contribution in [0.2, 0.25) is 17.1 Å². The van der Waals surface area contributed by atoms with Crippen LogP contribution in [0.5, 0.6) is 11.5 Å². The normalized spacial score (nSPS) is 15.2. The van der Waals surface area contributed by atoms with E-state index in [4.69, 9.17) is 23.8 Å². The lowest BCUT2D eigenvalue weighted by Crippen LogP contribution is -2.74. The summed E-state index contributed by atoms with van der Waals surface area (Å²) in [5.41, 5.74) is 1.40. The van der Waals surface area contributed by atoms with Crippen molar-refractivity contribution in [2.45, 2.75) is 126 Å². The number of methoxy groups -OCH3 is 1. The summed E-state index contributed by atoms with van der Waals surface area (Å²) in [5, 5.41) is 11.4. The minimum absolute atomic E-state index is 0.101. The Balaban J connectivity index is 2.35. The van der Waals surface area contributed by atoms with Gasteiger partial charge in [-0.15, -0.1) is 0 Å². The summed E-state index contributed by atoms with van der Waals surface area (Å²) >= 11 is 0. The highest BCUT2D eigenvalue weighted by Gasteiger charge is 2.95. The molecule has 0 aliphatic rings. The molecule has 3 N–H and O–H groups in total. The van der Waals surface area contributed by atoms with Crippen molar-refractivity contribution in [3.05, 3.63) is 77.4 Å². The van der Waals surface area contributed by atoms with Gasteiger partial charge in [-0.05, 0) is 78.5 Å². The van der Waals surface area contributed by atoms with E-state index in [1.807, 2.05) is 0 Å². The topological polar surface area (TPSA) is 115 Å². The van der Waals surface area contributed by atoms with Crippen molar-refractivity contribution < 1.29 is 108 Å². The van der Waals surface area contributed by atoms with Crippen molar-refractivity contribution in [1.29, 1.82) is 0 Å². The smallest absolute Gasteiger partial charge is 0.460 e. The van der Waals surface area contributed by atoms with E-state index in [-0.39, 0.29) is 5.75 Å². The van der Waals surface area contributed by atoms with Gasteiger partial charge in [0.2, 0.25) is 0 Å². The Bertz CT molecular complexity index is 2090. The van der Waals surface area contributed by atoms with E-state index in [0.717, 1.165) is 6.08 Å². The van der Waals surface area contributed by atoms with Crippen LogP contribution in [0, 0.1) is 5.92 Å². The molecule has 0 fully saturated rings. The second kappa shape index (κ2) is 22.1. The lowest BCUT2D eigenvalue weighted by atomic mass is 9.88. The number of hydroxylamine groups is 1. The van der Waals surface area contributed by atoms with Crippen LogP contribution in [0.4, 0.5) is 85.1 Å². The lowest BCUT2D eigenvalue weighted by molar-refractivity contribution is -0.461. The highest BCUT2D eigenvalue weighted by Crippen LogP contribution is 2.64. The molecule has 0 radical (unpaired) electrons. The highest BCUT2D eigenvalue weighted by atomic mass is 28.4. The molecule has 392 valence electrons. The van der Waals surface area contributed by atoms with E-state index in [9.17, 15) is 75.4 Å². The minimum Gasteiger partial charge on any atom is -0.497 e. The molecule has 0 aliphatic heterocycles. The van der Waals surface area contributed by atoms with Gasteiger partial charge in [0.25, 0.3) is 5.91 Å². The first-order chi connectivity index (χ1) is 31.3. The third kappa shape index (κ3) is 12.6. The first kappa shape index (κ1) is 60.3. The van der Waals surface area contributed by atoms with Gasteiger partial charge < -0.3 is 18.6 Å². The van der Waals surface area contributed by atoms with E-state index in [0.29, 0.717) is 28.1 Å². The van der Waals surface area contributed by atoms with Crippen LogP contribution in [0.25, 0.3) is 0 Å². The van der Waals surface area contributed by atoms with Crippen LogP contribution >= 0.6 is 0 Å². The number of hydrogen-bond donors (Lipinski definition) is 3. The van der Waals surface area contributed by atoms with Gasteiger partial charge in [-0.1, -0.05) is 58.4 Å². The summed E-state index contributed by atoms with van der Waals surface area (Å²) < 4.78 is 259. The average Bonchev–Trinajstić information content (AvgIpc) is 3.24. The maximum absolute atomic E-state index is 15.0. The van der Waals surface area contributed by atoms with Crippen molar-refractivity contribution in [1.82, 2.24) is 5.48 Å². The molecule has 0 aliphatic carbocycles. The Kier molecular flexibility index (Phi) is 19.3. The summed E-state index contributed by atoms with van der Waals surface area (Å²) in [7, 11) is -2.60. The zero-order chi connectivity index (χ0) is 53.6. The molecule has 0 heterocycles. The number of rotatable bonds is 24. The zero-order valence-electron chi connectivity index (χ0n) is 37.7. The fraction of sp³-hybridized carbons (Fsp3) is 0.571. The molecule has 0 unspecified atom stereocenters. The fourth-order valence-electron chi connectivity index (χ4n) is 6.91. The number of alkyl halides is 17. The lowest BCUT2D eigenvalue weighted by Gasteiger charge is -2.44. The highest BCUT2D eigenvalue weighted by molar-refractivity contribution is 6.76. The standard InChI is InChI=1S/C42H49F17N2O7Si/c1-23(2)69(24(3)4,20-17-35(43,44)36(45,46)37(47,48)38(49,50)39(51,52)40(53,54)41(55,56)42(57,58)59)67-19-18-66-31-13-9-28(10-14-31)33(27(7)26(6)21-25(5)22-32(62)61-64)68-34(63)60-29-11-15-30(65-8)16-12-29/h9-16,21-24,27,33,64H,17-20H2,1-8H3,(H,60,63)(H,61,62)/b25-22+,26-21+/t27-,33+/m0/s1. The van der Waals surface area contributed by atoms with Gasteiger partial charge >= 0.3 is 53.7 Å². The van der Waals surface area contributed by atoms with Crippen LogP contribution in [0.3, 0.4) is 0 Å². The van der Waals surface area contributed by atoms with Crippen molar-refractivity contribution >= 4 is 26.0 Å². The van der Waals surface area contributed by atoms with Gasteiger partial charge in [-0.25, -0.2) is 10.3 Å². The fourth-order valence-corrected chi connectivity index (χ4v) is 11.4. The van der Waals surface area contributed by atoms with E-state index in [1.165, 1.54) is 64.6 Å². The first-order valence-electron chi connectivity index (χ1n) is 20.3. The molecule has 27 heteroatoms. The van der Waals surface area contributed by atoms with E-state index >= 15 is 8.78 Å². The molecule has 2 atom stereocenters. The molecule has 2 amide bonds. The predicted molar refractivity (Wildman–Crippen MR) is 216 cm³/mol. The number of ether oxygens (including phenoxy) is 3. The van der Waals surface area contributed by atoms with E-state index in [1.54, 1.807) is 51.1 Å². The number of halogens is 17. The Morgan fingerprint density at radius 2 is 1.12 bits per heavy atom. The molecule has 2 aromatic carbocycles. The summed E-state index contributed by atoms with van der Waals surface area (Å²) in [4.78, 5) is 24.7. The molecule has 2 aromatic rings. The number of hydrogen-bond acceptors (Lipinski definition) is 7. The molecule has 69 heavy (non-hydrogen) atoms. The summed E-state index contributed by atoms with van der Waals surface area (Å²) in [5.74, 6) is -57.7. The maximum Gasteiger partial charge on any atom is 0.460 e. The van der Waals surface area contributed by atoms with Crippen molar-refractivity contribution in [2.24, 2.45) is 5.92 Å². The van der Waals surface area contributed by atoms with Crippen LogP contribution in [0.15, 0.2) is 71.8 Å².